The molecule has 0 bridgehead atoms. The van der Waals surface area contributed by atoms with Crippen LogP contribution in [0.2, 0.25) is 0 Å². The summed E-state index contributed by atoms with van der Waals surface area (Å²) in [4.78, 5) is 24.7. The zero-order chi connectivity index (χ0) is 24.9. The third kappa shape index (κ3) is 3.61. The first-order chi connectivity index (χ1) is 17.0. The summed E-state index contributed by atoms with van der Waals surface area (Å²) in [7, 11) is 0. The molecular formula is C25H29F3N6O2. The minimum absolute atomic E-state index is 0.129. The molecule has 2 aliphatic heterocycles. The van der Waals surface area contributed by atoms with Gasteiger partial charge in [-0.05, 0) is 62.5 Å². The van der Waals surface area contributed by atoms with Crippen molar-refractivity contribution < 1.29 is 23.1 Å². The third-order valence-electron chi connectivity index (χ3n) is 9.09. The second-order valence-corrected chi connectivity index (χ2v) is 12.2. The molecule has 4 heterocycles. The summed E-state index contributed by atoms with van der Waals surface area (Å²) in [5, 5.41) is 14.7. The van der Waals surface area contributed by atoms with Crippen molar-refractivity contribution in [3.63, 3.8) is 0 Å². The first-order valence-electron chi connectivity index (χ1n) is 12.7. The largest absolute Gasteiger partial charge is 0.433 e. The monoisotopic (exact) mass is 502 g/mol. The van der Waals surface area contributed by atoms with E-state index in [0.29, 0.717) is 17.8 Å². The Morgan fingerprint density at radius 1 is 1.00 bits per heavy atom. The van der Waals surface area contributed by atoms with Crippen molar-refractivity contribution in [3.8, 4) is 0 Å². The van der Waals surface area contributed by atoms with Gasteiger partial charge in [-0.1, -0.05) is 6.07 Å². The van der Waals surface area contributed by atoms with E-state index >= 15 is 0 Å². The van der Waals surface area contributed by atoms with Crippen molar-refractivity contribution in [2.75, 3.05) is 26.2 Å². The number of halogens is 3. The van der Waals surface area contributed by atoms with Crippen LogP contribution in [-0.4, -0.2) is 66.9 Å². The van der Waals surface area contributed by atoms with Crippen LogP contribution in [0.25, 0.3) is 0 Å². The lowest BCUT2D eigenvalue weighted by Gasteiger charge is -2.63. The average molecular weight is 503 g/mol. The van der Waals surface area contributed by atoms with Crippen LogP contribution in [0.5, 0.6) is 0 Å². The number of pyridine rings is 1. The molecular weight excluding hydrogens is 473 g/mol. The van der Waals surface area contributed by atoms with Gasteiger partial charge in [0.25, 0.3) is 0 Å². The molecule has 0 radical (unpaired) electrons. The number of carbonyl (C=O) groups is 1. The maximum absolute atomic E-state index is 12.9. The number of urea groups is 1. The highest BCUT2D eigenvalue weighted by molar-refractivity contribution is 5.77. The summed E-state index contributed by atoms with van der Waals surface area (Å²) in [6, 6.07) is 3.01. The normalized spacial score (nSPS) is 25.8. The Morgan fingerprint density at radius 3 is 2.19 bits per heavy atom. The predicted molar refractivity (Wildman–Crippen MR) is 120 cm³/mol. The van der Waals surface area contributed by atoms with Gasteiger partial charge in [-0.2, -0.15) is 18.3 Å². The highest BCUT2D eigenvalue weighted by Crippen LogP contribution is 2.56. The van der Waals surface area contributed by atoms with E-state index in [4.69, 9.17) is 0 Å². The van der Waals surface area contributed by atoms with E-state index in [1.165, 1.54) is 12.3 Å². The summed E-state index contributed by atoms with van der Waals surface area (Å²) in [6.45, 7) is 3.15. The first kappa shape index (κ1) is 22.5. The van der Waals surface area contributed by atoms with Gasteiger partial charge in [0, 0.05) is 43.2 Å². The van der Waals surface area contributed by atoms with E-state index in [9.17, 15) is 23.1 Å². The molecule has 5 aliphatic rings. The molecule has 3 saturated carbocycles. The van der Waals surface area contributed by atoms with Crippen LogP contribution in [0.4, 0.5) is 18.0 Å². The Hall–Kier alpha value is -2.69. The lowest BCUT2D eigenvalue weighted by atomic mass is 9.56. The molecule has 36 heavy (non-hydrogen) atoms. The number of carbonyl (C=O) groups excluding carboxylic acids is 1. The van der Waals surface area contributed by atoms with E-state index in [0.717, 1.165) is 82.8 Å². The number of aliphatic hydroxyl groups is 1. The van der Waals surface area contributed by atoms with Crippen LogP contribution in [0, 0.1) is 16.7 Å². The van der Waals surface area contributed by atoms with Crippen molar-refractivity contribution in [1.82, 2.24) is 29.5 Å². The third-order valence-corrected chi connectivity index (χ3v) is 9.09. The molecule has 2 spiro atoms. The molecule has 7 rings (SSSR count). The fraction of sp³-hybridized carbons (Fsp3) is 0.680. The van der Waals surface area contributed by atoms with Crippen molar-refractivity contribution in [2.24, 2.45) is 16.7 Å². The molecule has 1 N–H and O–H groups in total. The van der Waals surface area contributed by atoms with Crippen LogP contribution in [0.3, 0.4) is 0 Å². The van der Waals surface area contributed by atoms with E-state index < -0.39 is 17.5 Å². The summed E-state index contributed by atoms with van der Waals surface area (Å²) in [5.74, 6) is 0.979. The Kier molecular flexibility index (Phi) is 4.50. The SMILES string of the molecule is O=C(N1CC2(CC(Cc3ccc(C(F)(F)F)nc3)C2)C1)N1CC2(CC(n3cnc(C4(O)CC4)n3)C2)C1. The summed E-state index contributed by atoms with van der Waals surface area (Å²) < 4.78 is 39.9. The number of alkyl halides is 3. The van der Waals surface area contributed by atoms with Gasteiger partial charge in [0.05, 0.1) is 6.04 Å². The smallest absolute Gasteiger partial charge is 0.382 e. The molecule has 2 saturated heterocycles. The lowest BCUT2D eigenvalue weighted by molar-refractivity contribution is -0.141. The number of likely N-dealkylation sites (tertiary alicyclic amines) is 2. The Bertz CT molecular complexity index is 1180. The van der Waals surface area contributed by atoms with Gasteiger partial charge < -0.3 is 14.9 Å². The highest BCUT2D eigenvalue weighted by Gasteiger charge is 2.58. The van der Waals surface area contributed by atoms with Gasteiger partial charge in [-0.15, -0.1) is 0 Å². The van der Waals surface area contributed by atoms with Crippen LogP contribution < -0.4 is 0 Å². The predicted octanol–water partition coefficient (Wildman–Crippen LogP) is 3.38. The zero-order valence-corrected chi connectivity index (χ0v) is 19.9. The minimum Gasteiger partial charge on any atom is -0.382 e. The number of aromatic nitrogens is 4. The first-order valence-corrected chi connectivity index (χ1v) is 12.7. The van der Waals surface area contributed by atoms with Crippen LogP contribution in [-0.2, 0) is 18.2 Å². The van der Waals surface area contributed by atoms with Crippen LogP contribution in [0.1, 0.15) is 61.6 Å². The number of rotatable bonds is 4. The van der Waals surface area contributed by atoms with E-state index in [1.54, 1.807) is 6.33 Å². The summed E-state index contributed by atoms with van der Waals surface area (Å²) >= 11 is 0. The second-order valence-electron chi connectivity index (χ2n) is 12.2. The van der Waals surface area contributed by atoms with Crippen LogP contribution >= 0.6 is 0 Å². The maximum atomic E-state index is 12.9. The van der Waals surface area contributed by atoms with Crippen LogP contribution in [0.15, 0.2) is 24.7 Å². The molecule has 0 atom stereocenters. The molecule has 11 heteroatoms. The molecule has 5 fully saturated rings. The minimum atomic E-state index is -4.40. The Morgan fingerprint density at radius 2 is 1.64 bits per heavy atom. The number of hydrogen-bond acceptors (Lipinski definition) is 5. The molecule has 0 unspecified atom stereocenters. The van der Waals surface area contributed by atoms with Gasteiger partial charge in [0.1, 0.15) is 17.6 Å². The van der Waals surface area contributed by atoms with Gasteiger partial charge in [0.2, 0.25) is 0 Å². The van der Waals surface area contributed by atoms with Crippen molar-refractivity contribution in [1.29, 1.82) is 0 Å². The summed E-state index contributed by atoms with van der Waals surface area (Å²) in [5.41, 5.74) is -0.426. The average Bonchev–Trinajstić information content (AvgIpc) is 3.27. The van der Waals surface area contributed by atoms with Crippen molar-refractivity contribution in [3.05, 3.63) is 41.7 Å². The second kappa shape index (κ2) is 7.20. The van der Waals surface area contributed by atoms with Gasteiger partial charge in [-0.3, -0.25) is 4.98 Å². The molecule has 2 amide bonds. The Balaban J connectivity index is 0.840. The van der Waals surface area contributed by atoms with Gasteiger partial charge in [0.15, 0.2) is 5.82 Å². The molecule has 3 aliphatic carbocycles. The van der Waals surface area contributed by atoms with E-state index in [1.807, 2.05) is 14.5 Å². The number of nitrogens with zero attached hydrogens (tertiary/aromatic N) is 6. The number of hydrogen-bond donors (Lipinski definition) is 1. The van der Waals surface area contributed by atoms with Gasteiger partial charge >= 0.3 is 12.2 Å². The molecule has 8 nitrogen and oxygen atoms in total. The standard InChI is InChI=1S/C25H29F3N6O2/c26-25(27,28)19-2-1-16(10-29-19)5-17-6-22(7-17)11-32(12-22)21(35)33-13-23(14-33)8-18(9-23)34-15-30-20(31-34)24(36)3-4-24/h1-2,10,15,17-18,36H,3-9,11-14H2. The van der Waals surface area contributed by atoms with Crippen molar-refractivity contribution >= 4 is 6.03 Å². The van der Waals surface area contributed by atoms with Gasteiger partial charge in [-0.25, -0.2) is 14.5 Å². The fourth-order valence-electron chi connectivity index (χ4n) is 7.00. The molecule has 2 aromatic heterocycles. The lowest BCUT2D eigenvalue weighted by Crippen LogP contribution is -2.71. The summed E-state index contributed by atoms with van der Waals surface area (Å²) in [6.07, 6.45) is 4.87. The quantitative estimate of drug-likeness (QED) is 0.693. The zero-order valence-electron chi connectivity index (χ0n) is 19.9. The van der Waals surface area contributed by atoms with E-state index in [2.05, 4.69) is 15.1 Å². The molecule has 2 aromatic rings. The number of amides is 2. The molecule has 0 aromatic carbocycles. The fourth-order valence-corrected chi connectivity index (χ4v) is 7.00. The van der Waals surface area contributed by atoms with Crippen molar-refractivity contribution in [2.45, 2.75) is 62.8 Å². The molecule has 192 valence electrons. The maximum Gasteiger partial charge on any atom is 0.433 e. The highest BCUT2D eigenvalue weighted by atomic mass is 19.4. The topological polar surface area (TPSA) is 87.4 Å². The Labute approximate surface area is 206 Å². The van der Waals surface area contributed by atoms with E-state index in [-0.39, 0.29) is 16.9 Å².